The maximum Gasteiger partial charge on any atom is 0.130 e. The summed E-state index contributed by atoms with van der Waals surface area (Å²) in [6.45, 7) is 0. The lowest BCUT2D eigenvalue weighted by atomic mass is 10.1. The predicted octanol–water partition coefficient (Wildman–Crippen LogP) is 3.94. The van der Waals surface area contributed by atoms with Crippen molar-refractivity contribution in [1.82, 2.24) is 8.80 Å². The van der Waals surface area contributed by atoms with Crippen LogP contribution in [0, 0.1) is 0 Å². The third-order valence-electron chi connectivity index (χ3n) is 3.91. The molecule has 3 aromatic heterocycles. The Bertz CT molecular complexity index is 937. The summed E-state index contributed by atoms with van der Waals surface area (Å²) in [6, 6.07) is 17.2. The molecule has 0 fully saturated rings. The van der Waals surface area contributed by atoms with Gasteiger partial charge in [-0.2, -0.15) is 0 Å². The average molecular weight is 230 g/mol. The Hall–Kier alpha value is -2.48. The Morgan fingerprint density at radius 1 is 0.611 bits per heavy atom. The van der Waals surface area contributed by atoms with Crippen molar-refractivity contribution >= 4 is 32.8 Å². The average Bonchev–Trinajstić information content (AvgIpc) is 3.06. The van der Waals surface area contributed by atoms with Gasteiger partial charge in [0.1, 0.15) is 5.65 Å². The van der Waals surface area contributed by atoms with E-state index in [1.165, 1.54) is 32.8 Å². The monoisotopic (exact) mass is 230 g/mol. The lowest BCUT2D eigenvalue weighted by molar-refractivity contribution is 1.25. The van der Waals surface area contributed by atoms with Gasteiger partial charge in [0.05, 0.1) is 11.0 Å². The van der Waals surface area contributed by atoms with Crippen molar-refractivity contribution in [2.75, 3.05) is 0 Å². The van der Waals surface area contributed by atoms with Gasteiger partial charge < -0.3 is 8.80 Å². The topological polar surface area (TPSA) is 8.82 Å². The number of nitrogens with zero attached hydrogens (tertiary/aromatic N) is 2. The van der Waals surface area contributed by atoms with Gasteiger partial charge >= 0.3 is 0 Å². The molecule has 0 amide bonds. The van der Waals surface area contributed by atoms with E-state index in [9.17, 15) is 0 Å². The fourth-order valence-corrected chi connectivity index (χ4v) is 3.20. The van der Waals surface area contributed by atoms with E-state index in [0.29, 0.717) is 0 Å². The second kappa shape index (κ2) is 2.67. The van der Waals surface area contributed by atoms with Crippen LogP contribution in [0.3, 0.4) is 0 Å². The van der Waals surface area contributed by atoms with Crippen LogP contribution in [0.1, 0.15) is 0 Å². The van der Waals surface area contributed by atoms with E-state index in [0.717, 1.165) is 0 Å². The van der Waals surface area contributed by atoms with E-state index < -0.39 is 0 Å². The van der Waals surface area contributed by atoms with Gasteiger partial charge in [0.25, 0.3) is 0 Å². The van der Waals surface area contributed by atoms with Gasteiger partial charge in [0.2, 0.25) is 0 Å². The Balaban J connectivity index is 2.32. The highest BCUT2D eigenvalue weighted by Crippen LogP contribution is 2.36. The van der Waals surface area contributed by atoms with Gasteiger partial charge in [0.15, 0.2) is 0 Å². The number of benzene rings is 2. The summed E-state index contributed by atoms with van der Waals surface area (Å²) in [5, 5.41) is 4.05. The Morgan fingerprint density at radius 2 is 1.11 bits per heavy atom. The van der Waals surface area contributed by atoms with Crippen molar-refractivity contribution in [3.05, 3.63) is 60.9 Å². The molecule has 5 aromatic rings. The van der Waals surface area contributed by atoms with Crippen LogP contribution in [0.2, 0.25) is 0 Å². The minimum absolute atomic E-state index is 1.29. The zero-order valence-corrected chi connectivity index (χ0v) is 9.67. The quantitative estimate of drug-likeness (QED) is 0.381. The van der Waals surface area contributed by atoms with Crippen LogP contribution in [0.5, 0.6) is 0 Å². The Labute approximate surface area is 103 Å². The summed E-state index contributed by atoms with van der Waals surface area (Å²) in [5.41, 5.74) is 3.86. The van der Waals surface area contributed by atoms with Gasteiger partial charge in [-0.25, -0.2) is 0 Å². The molecule has 2 heteroatoms. The third kappa shape index (κ3) is 0.768. The molecule has 2 aromatic carbocycles. The molecule has 18 heavy (non-hydrogen) atoms. The van der Waals surface area contributed by atoms with Gasteiger partial charge in [0, 0.05) is 28.6 Å². The summed E-state index contributed by atoms with van der Waals surface area (Å²) in [5.74, 6) is 0. The molecule has 3 heterocycles. The zero-order chi connectivity index (χ0) is 11.7. The maximum atomic E-state index is 2.28. The third-order valence-corrected chi connectivity index (χ3v) is 3.91. The Morgan fingerprint density at radius 3 is 1.67 bits per heavy atom. The number of imidazole rings is 1. The second-order valence-corrected chi connectivity index (χ2v) is 4.77. The highest BCUT2D eigenvalue weighted by Gasteiger charge is 2.16. The number of hydrogen-bond acceptors (Lipinski definition) is 0. The van der Waals surface area contributed by atoms with E-state index in [2.05, 4.69) is 69.7 Å². The standard InChI is InChI=1S/C16H10N2/c1-3-7-13-11(5-1)15-12-6-2-4-8-14(12)18-10-9-17(13)16(15)18/h1-10H. The van der Waals surface area contributed by atoms with Crippen LogP contribution in [-0.4, -0.2) is 8.80 Å². The van der Waals surface area contributed by atoms with Gasteiger partial charge in [-0.15, -0.1) is 0 Å². The van der Waals surface area contributed by atoms with Crippen molar-refractivity contribution in [1.29, 1.82) is 0 Å². The van der Waals surface area contributed by atoms with Gasteiger partial charge in [-0.3, -0.25) is 0 Å². The van der Waals surface area contributed by atoms with Crippen molar-refractivity contribution in [2.45, 2.75) is 0 Å². The van der Waals surface area contributed by atoms with Crippen LogP contribution < -0.4 is 0 Å². The van der Waals surface area contributed by atoms with E-state index in [4.69, 9.17) is 0 Å². The van der Waals surface area contributed by atoms with E-state index in [1.807, 2.05) is 0 Å². The summed E-state index contributed by atoms with van der Waals surface area (Å²) in [7, 11) is 0. The molecule has 0 radical (unpaired) electrons. The summed E-state index contributed by atoms with van der Waals surface area (Å²) < 4.78 is 4.56. The highest BCUT2D eigenvalue weighted by molar-refractivity contribution is 6.21. The first-order valence-electron chi connectivity index (χ1n) is 6.15. The molecule has 0 unspecified atom stereocenters. The molecular formula is C16H10N2. The summed E-state index contributed by atoms with van der Waals surface area (Å²) >= 11 is 0. The van der Waals surface area contributed by atoms with Gasteiger partial charge in [-0.1, -0.05) is 36.4 Å². The molecule has 0 N–H and O–H groups in total. The maximum absolute atomic E-state index is 2.28. The molecule has 0 aliphatic carbocycles. The molecule has 0 saturated carbocycles. The molecule has 0 bridgehead atoms. The van der Waals surface area contributed by atoms with Gasteiger partial charge in [-0.05, 0) is 12.1 Å². The summed E-state index contributed by atoms with van der Waals surface area (Å²) in [6.07, 6.45) is 4.30. The van der Waals surface area contributed by atoms with Crippen molar-refractivity contribution in [3.63, 3.8) is 0 Å². The smallest absolute Gasteiger partial charge is 0.130 e. The first kappa shape index (κ1) is 8.59. The fraction of sp³-hybridized carbons (Fsp3) is 0. The minimum Gasteiger partial charge on any atom is -0.300 e. The number of para-hydroxylation sites is 2. The SMILES string of the molecule is c1ccc2c(c1)c1c3ccccc3n3ccn2c13. The molecule has 0 aliphatic rings. The molecular weight excluding hydrogens is 220 g/mol. The normalized spacial score (nSPS) is 12.4. The van der Waals surface area contributed by atoms with Crippen LogP contribution in [-0.2, 0) is 0 Å². The van der Waals surface area contributed by atoms with Crippen molar-refractivity contribution < 1.29 is 0 Å². The van der Waals surface area contributed by atoms with E-state index >= 15 is 0 Å². The van der Waals surface area contributed by atoms with Crippen molar-refractivity contribution in [2.24, 2.45) is 0 Å². The van der Waals surface area contributed by atoms with Crippen molar-refractivity contribution in [3.8, 4) is 0 Å². The van der Waals surface area contributed by atoms with E-state index in [1.54, 1.807) is 0 Å². The van der Waals surface area contributed by atoms with Crippen LogP contribution >= 0.6 is 0 Å². The Kier molecular flexibility index (Phi) is 1.27. The minimum atomic E-state index is 1.29. The number of fused-ring (bicyclic) bond motifs is 6. The molecule has 0 atom stereocenters. The number of aromatic nitrogens is 2. The highest BCUT2D eigenvalue weighted by atomic mass is 15.1. The lowest BCUT2D eigenvalue weighted by Gasteiger charge is -1.93. The predicted molar refractivity (Wildman–Crippen MR) is 74.6 cm³/mol. The molecule has 0 aliphatic heterocycles. The van der Waals surface area contributed by atoms with Crippen LogP contribution in [0.4, 0.5) is 0 Å². The summed E-state index contributed by atoms with van der Waals surface area (Å²) in [4.78, 5) is 0. The molecule has 5 rings (SSSR count). The first-order valence-corrected chi connectivity index (χ1v) is 6.15. The lowest BCUT2D eigenvalue weighted by Crippen LogP contribution is -1.78. The molecule has 2 nitrogen and oxygen atoms in total. The fourth-order valence-electron chi connectivity index (χ4n) is 3.20. The largest absolute Gasteiger partial charge is 0.300 e. The first-order chi connectivity index (χ1) is 8.95. The van der Waals surface area contributed by atoms with Crippen LogP contribution in [0.25, 0.3) is 32.8 Å². The second-order valence-electron chi connectivity index (χ2n) is 4.77. The van der Waals surface area contributed by atoms with E-state index in [-0.39, 0.29) is 0 Å². The molecule has 84 valence electrons. The molecule has 0 spiro atoms. The number of hydrogen-bond donors (Lipinski definition) is 0. The zero-order valence-electron chi connectivity index (χ0n) is 9.67. The molecule has 0 saturated heterocycles. The number of rotatable bonds is 0. The van der Waals surface area contributed by atoms with Crippen LogP contribution in [0.15, 0.2) is 60.9 Å².